The Kier molecular flexibility index (Phi) is 4.12. The van der Waals surface area contributed by atoms with E-state index in [4.69, 9.17) is 9.84 Å². The maximum absolute atomic E-state index is 8.84. The van der Waals surface area contributed by atoms with Crippen LogP contribution in [0.25, 0.3) is 0 Å². The van der Waals surface area contributed by atoms with E-state index in [0.29, 0.717) is 6.42 Å². The number of hydrogen-bond acceptors (Lipinski definition) is 4. The van der Waals surface area contributed by atoms with Crippen molar-refractivity contribution in [3.63, 3.8) is 0 Å². The fourth-order valence-corrected chi connectivity index (χ4v) is 2.48. The first-order chi connectivity index (χ1) is 8.31. The van der Waals surface area contributed by atoms with Crippen LogP contribution < -0.4 is 4.74 Å². The molecule has 4 heteroatoms. The molecule has 0 bridgehead atoms. The van der Waals surface area contributed by atoms with Crippen molar-refractivity contribution in [3.8, 4) is 5.75 Å². The van der Waals surface area contributed by atoms with Gasteiger partial charge >= 0.3 is 0 Å². The van der Waals surface area contributed by atoms with Gasteiger partial charge in [0.05, 0.1) is 17.8 Å². The van der Waals surface area contributed by atoms with Crippen molar-refractivity contribution in [2.75, 3.05) is 13.7 Å². The second-order valence-corrected chi connectivity index (χ2v) is 4.68. The van der Waals surface area contributed by atoms with E-state index in [2.05, 4.69) is 11.1 Å². The molecule has 0 saturated carbocycles. The van der Waals surface area contributed by atoms with Crippen molar-refractivity contribution in [2.24, 2.45) is 0 Å². The quantitative estimate of drug-likeness (QED) is 0.884. The van der Waals surface area contributed by atoms with Crippen LogP contribution in [0.4, 0.5) is 0 Å². The van der Waals surface area contributed by atoms with E-state index in [0.717, 1.165) is 22.9 Å². The minimum Gasteiger partial charge on any atom is -0.497 e. The number of aliphatic hydroxyl groups excluding tert-OH is 1. The zero-order valence-corrected chi connectivity index (χ0v) is 10.5. The number of aliphatic hydroxyl groups is 1. The largest absolute Gasteiger partial charge is 0.497 e. The monoisotopic (exact) mass is 249 g/mol. The Morgan fingerprint density at radius 2 is 2.29 bits per heavy atom. The minimum atomic E-state index is 0.155. The zero-order valence-electron chi connectivity index (χ0n) is 9.72. The summed E-state index contributed by atoms with van der Waals surface area (Å²) >= 11 is 1.63. The molecule has 1 aromatic heterocycles. The van der Waals surface area contributed by atoms with E-state index in [1.807, 2.05) is 23.6 Å². The third-order valence-electron chi connectivity index (χ3n) is 2.46. The van der Waals surface area contributed by atoms with Gasteiger partial charge in [-0.2, -0.15) is 0 Å². The van der Waals surface area contributed by atoms with Gasteiger partial charge in [-0.3, -0.25) is 0 Å². The van der Waals surface area contributed by atoms with E-state index in [1.54, 1.807) is 18.4 Å². The second kappa shape index (κ2) is 5.80. The molecule has 0 spiro atoms. The van der Waals surface area contributed by atoms with Gasteiger partial charge in [-0.1, -0.05) is 12.1 Å². The van der Waals surface area contributed by atoms with E-state index in [9.17, 15) is 0 Å². The van der Waals surface area contributed by atoms with Crippen molar-refractivity contribution in [1.82, 2.24) is 4.98 Å². The molecule has 90 valence electrons. The third-order valence-corrected chi connectivity index (χ3v) is 3.35. The van der Waals surface area contributed by atoms with Gasteiger partial charge < -0.3 is 9.84 Å². The highest BCUT2D eigenvalue weighted by molar-refractivity contribution is 7.09. The summed E-state index contributed by atoms with van der Waals surface area (Å²) in [6.45, 7) is 0.155. The molecule has 2 rings (SSSR count). The van der Waals surface area contributed by atoms with Crippen LogP contribution in [-0.4, -0.2) is 23.8 Å². The fraction of sp³-hybridized carbons (Fsp3) is 0.308. The Hall–Kier alpha value is -1.39. The Morgan fingerprint density at radius 3 is 3.06 bits per heavy atom. The van der Waals surface area contributed by atoms with Crippen molar-refractivity contribution >= 4 is 11.3 Å². The number of thiazole rings is 1. The van der Waals surface area contributed by atoms with Gasteiger partial charge in [0.25, 0.3) is 0 Å². The number of aromatic nitrogens is 1. The molecular formula is C13H15NO2S. The minimum absolute atomic E-state index is 0.155. The second-order valence-electron chi connectivity index (χ2n) is 3.73. The summed E-state index contributed by atoms with van der Waals surface area (Å²) < 4.78 is 5.19. The van der Waals surface area contributed by atoms with Crippen LogP contribution in [-0.2, 0) is 12.8 Å². The zero-order chi connectivity index (χ0) is 12.1. The number of nitrogens with zero attached hydrogens (tertiary/aromatic N) is 1. The Balaban J connectivity index is 2.08. The highest BCUT2D eigenvalue weighted by atomic mass is 32.1. The van der Waals surface area contributed by atoms with Gasteiger partial charge in [-0.05, 0) is 17.7 Å². The maximum atomic E-state index is 8.84. The van der Waals surface area contributed by atoms with Crippen LogP contribution in [0.2, 0.25) is 0 Å². The first kappa shape index (κ1) is 12.1. The highest BCUT2D eigenvalue weighted by Gasteiger charge is 2.03. The van der Waals surface area contributed by atoms with Crippen LogP contribution in [0.1, 0.15) is 16.3 Å². The number of hydrogen-bond donors (Lipinski definition) is 1. The first-order valence-corrected chi connectivity index (χ1v) is 6.37. The predicted molar refractivity (Wildman–Crippen MR) is 68.7 cm³/mol. The number of methoxy groups -OCH3 is 1. The average Bonchev–Trinajstić information content (AvgIpc) is 2.77. The Labute approximate surface area is 105 Å². The maximum Gasteiger partial charge on any atom is 0.119 e. The molecule has 0 unspecified atom stereocenters. The van der Waals surface area contributed by atoms with Gasteiger partial charge in [0.2, 0.25) is 0 Å². The lowest BCUT2D eigenvalue weighted by molar-refractivity contribution is 0.298. The van der Waals surface area contributed by atoms with Gasteiger partial charge in [0.1, 0.15) is 5.75 Å². The smallest absolute Gasteiger partial charge is 0.119 e. The van der Waals surface area contributed by atoms with Crippen molar-refractivity contribution in [3.05, 3.63) is 45.9 Å². The molecule has 0 aliphatic heterocycles. The summed E-state index contributed by atoms with van der Waals surface area (Å²) in [7, 11) is 1.67. The predicted octanol–water partition coefficient (Wildman–Crippen LogP) is 2.28. The average molecular weight is 249 g/mol. The molecular weight excluding hydrogens is 234 g/mol. The molecule has 0 fully saturated rings. The fourth-order valence-electron chi connectivity index (χ4n) is 1.62. The molecule has 17 heavy (non-hydrogen) atoms. The van der Waals surface area contributed by atoms with Crippen LogP contribution in [0.5, 0.6) is 5.75 Å². The number of rotatable bonds is 5. The lowest BCUT2D eigenvalue weighted by Crippen LogP contribution is -1.93. The highest BCUT2D eigenvalue weighted by Crippen LogP contribution is 2.18. The van der Waals surface area contributed by atoms with E-state index in [-0.39, 0.29) is 6.61 Å². The van der Waals surface area contributed by atoms with Crippen LogP contribution >= 0.6 is 11.3 Å². The van der Waals surface area contributed by atoms with E-state index >= 15 is 0 Å². The molecule has 0 amide bonds. The first-order valence-electron chi connectivity index (χ1n) is 5.49. The molecule has 2 aromatic rings. The van der Waals surface area contributed by atoms with Gasteiger partial charge in [0.15, 0.2) is 0 Å². The van der Waals surface area contributed by atoms with Crippen LogP contribution in [0.15, 0.2) is 29.6 Å². The summed E-state index contributed by atoms with van der Waals surface area (Å²) in [4.78, 5) is 4.47. The molecule has 0 aliphatic rings. The van der Waals surface area contributed by atoms with Gasteiger partial charge in [-0.15, -0.1) is 11.3 Å². The molecule has 1 heterocycles. The molecule has 1 aromatic carbocycles. The summed E-state index contributed by atoms with van der Waals surface area (Å²) in [5, 5.41) is 11.9. The summed E-state index contributed by atoms with van der Waals surface area (Å²) in [6, 6.07) is 8.00. The molecule has 3 nitrogen and oxygen atoms in total. The van der Waals surface area contributed by atoms with Gasteiger partial charge in [0, 0.05) is 24.8 Å². The lowest BCUT2D eigenvalue weighted by Gasteiger charge is -2.02. The van der Waals surface area contributed by atoms with Crippen molar-refractivity contribution < 1.29 is 9.84 Å². The topological polar surface area (TPSA) is 42.4 Å². The normalized spacial score (nSPS) is 10.5. The summed E-state index contributed by atoms with van der Waals surface area (Å²) in [5.41, 5.74) is 2.16. The van der Waals surface area contributed by atoms with E-state index in [1.165, 1.54) is 5.56 Å². The van der Waals surface area contributed by atoms with Crippen molar-refractivity contribution in [1.29, 1.82) is 0 Å². The SMILES string of the molecule is COc1cccc(Cc2nc(CCO)cs2)c1. The molecule has 1 N–H and O–H groups in total. The van der Waals surface area contributed by atoms with Crippen molar-refractivity contribution in [2.45, 2.75) is 12.8 Å². The molecule has 0 atom stereocenters. The van der Waals surface area contributed by atoms with Crippen LogP contribution in [0, 0.1) is 0 Å². The Morgan fingerprint density at radius 1 is 1.41 bits per heavy atom. The standard InChI is InChI=1S/C13H15NO2S/c1-16-12-4-2-3-10(7-12)8-13-14-11(5-6-15)9-17-13/h2-4,7,9,15H,5-6,8H2,1H3. The van der Waals surface area contributed by atoms with Gasteiger partial charge in [-0.25, -0.2) is 4.98 Å². The molecule has 0 radical (unpaired) electrons. The number of ether oxygens (including phenoxy) is 1. The van der Waals surface area contributed by atoms with Crippen LogP contribution in [0.3, 0.4) is 0 Å². The molecule has 0 aliphatic carbocycles. The summed E-state index contributed by atoms with van der Waals surface area (Å²) in [6.07, 6.45) is 1.45. The molecule has 0 saturated heterocycles. The Bertz CT molecular complexity index is 482. The third kappa shape index (κ3) is 3.28. The summed E-state index contributed by atoms with van der Waals surface area (Å²) in [5.74, 6) is 0.870. The lowest BCUT2D eigenvalue weighted by atomic mass is 10.1. The number of benzene rings is 1. The van der Waals surface area contributed by atoms with E-state index < -0.39 is 0 Å².